The highest BCUT2D eigenvalue weighted by Gasteiger charge is 1.92. The van der Waals surface area contributed by atoms with Gasteiger partial charge in [0.2, 0.25) is 0 Å². The van der Waals surface area contributed by atoms with Crippen LogP contribution in [0.2, 0.25) is 0 Å². The number of hydrazine groups is 1. The largest absolute Gasteiger partial charge is 0.269 e. The van der Waals surface area contributed by atoms with E-state index in [1.807, 2.05) is 0 Å². The predicted octanol–water partition coefficient (Wildman–Crippen LogP) is 1.06. The van der Waals surface area contributed by atoms with Crippen LogP contribution in [0.5, 0.6) is 0 Å². The third-order valence-corrected chi connectivity index (χ3v) is 1.08. The first-order chi connectivity index (χ1) is 3.81. The van der Waals surface area contributed by atoms with E-state index >= 15 is 0 Å². The number of alkyl halides is 2. The van der Waals surface area contributed by atoms with E-state index < -0.39 is 0 Å². The molecule has 0 aromatic rings. The Morgan fingerprint density at radius 1 is 1.11 bits per heavy atom. The van der Waals surface area contributed by atoms with Gasteiger partial charge >= 0.3 is 0 Å². The Morgan fingerprint density at radius 3 is 1.67 bits per heavy atom. The summed E-state index contributed by atoms with van der Waals surface area (Å²) in [6, 6.07) is 0. The van der Waals surface area contributed by atoms with Crippen molar-refractivity contribution in [3.05, 3.63) is 0 Å². The highest BCUT2D eigenvalue weighted by Crippen LogP contribution is 1.82. The van der Waals surface area contributed by atoms with Crippen LogP contribution < -0.4 is 5.84 Å². The molecule has 0 bridgehead atoms. The summed E-state index contributed by atoms with van der Waals surface area (Å²) in [4.78, 5) is 0. The summed E-state index contributed by atoms with van der Waals surface area (Å²) in [6.45, 7) is 1.41. The summed E-state index contributed by atoms with van der Waals surface area (Å²) in [5.41, 5.74) is 0. The molecule has 0 aliphatic carbocycles. The van der Waals surface area contributed by atoms with Crippen LogP contribution in [0.3, 0.4) is 0 Å². The number of nitrogens with two attached hydrogens (primary N) is 1. The molecule has 0 radical (unpaired) electrons. The Bertz CT molecular complexity index is 47.1. The lowest BCUT2D eigenvalue weighted by Gasteiger charge is -2.10. The predicted molar refractivity (Wildman–Crippen MR) is 44.4 cm³/mol. The molecule has 0 aromatic carbocycles. The molecule has 0 saturated carbocycles. The molecule has 0 heterocycles. The van der Waals surface area contributed by atoms with Gasteiger partial charge in [-0.15, -0.1) is 35.6 Å². The highest BCUT2D eigenvalue weighted by molar-refractivity contribution is 6.18. The van der Waals surface area contributed by atoms with Crippen molar-refractivity contribution in [2.24, 2.45) is 5.84 Å². The molecular weight excluding hydrogens is 182 g/mol. The summed E-state index contributed by atoms with van der Waals surface area (Å²) in [5.74, 6) is 6.48. The van der Waals surface area contributed by atoms with E-state index in [9.17, 15) is 0 Å². The Balaban J connectivity index is 0. The first kappa shape index (κ1) is 12.5. The van der Waals surface area contributed by atoms with E-state index in [-0.39, 0.29) is 12.4 Å². The second-order valence-electron chi connectivity index (χ2n) is 1.41. The molecule has 0 aliphatic heterocycles. The first-order valence-corrected chi connectivity index (χ1v) is 3.49. The van der Waals surface area contributed by atoms with Crippen LogP contribution in [0, 0.1) is 0 Å². The number of rotatable bonds is 4. The van der Waals surface area contributed by atoms with Crippen LogP contribution in [0.15, 0.2) is 0 Å². The van der Waals surface area contributed by atoms with Crippen LogP contribution in [0.4, 0.5) is 0 Å². The Morgan fingerprint density at radius 2 is 1.44 bits per heavy atom. The van der Waals surface area contributed by atoms with Gasteiger partial charge in [-0.05, 0) is 0 Å². The Labute approximate surface area is 71.7 Å². The molecule has 58 valence electrons. The van der Waals surface area contributed by atoms with Gasteiger partial charge < -0.3 is 0 Å². The number of nitrogens with zero attached hydrogens (tertiary/aromatic N) is 1. The van der Waals surface area contributed by atoms with Gasteiger partial charge in [0.05, 0.1) is 0 Å². The fraction of sp³-hybridized carbons (Fsp3) is 1.00. The molecule has 2 nitrogen and oxygen atoms in total. The standard InChI is InChI=1S/C4H10Cl2N2.ClH/c5-1-3-8(7)4-2-6;/h1-4,7H2;1H. The summed E-state index contributed by atoms with van der Waals surface area (Å²) in [6.07, 6.45) is 0. The van der Waals surface area contributed by atoms with Gasteiger partial charge in [-0.25, -0.2) is 5.01 Å². The molecule has 5 heteroatoms. The van der Waals surface area contributed by atoms with Gasteiger partial charge in [0.15, 0.2) is 0 Å². The topological polar surface area (TPSA) is 29.3 Å². The van der Waals surface area contributed by atoms with Crippen molar-refractivity contribution in [2.75, 3.05) is 24.8 Å². The lowest BCUT2D eigenvalue weighted by Crippen LogP contribution is -2.34. The fourth-order valence-corrected chi connectivity index (χ4v) is 0.763. The quantitative estimate of drug-likeness (QED) is 0.411. The molecule has 0 atom stereocenters. The van der Waals surface area contributed by atoms with Gasteiger partial charge in [0.25, 0.3) is 0 Å². The van der Waals surface area contributed by atoms with Crippen molar-refractivity contribution in [3.63, 3.8) is 0 Å². The summed E-state index contributed by atoms with van der Waals surface area (Å²) in [7, 11) is 0. The molecule has 0 amide bonds. The molecular formula is C4H11Cl3N2. The van der Waals surface area contributed by atoms with Crippen LogP contribution >= 0.6 is 35.6 Å². The van der Waals surface area contributed by atoms with Crippen LogP contribution in [-0.4, -0.2) is 29.9 Å². The zero-order valence-corrected chi connectivity index (χ0v) is 7.35. The number of hydrogen-bond acceptors (Lipinski definition) is 2. The van der Waals surface area contributed by atoms with Crippen molar-refractivity contribution in [2.45, 2.75) is 0 Å². The second kappa shape index (κ2) is 8.79. The van der Waals surface area contributed by atoms with Gasteiger partial charge in [-0.3, -0.25) is 5.84 Å². The Kier molecular flexibility index (Phi) is 12.2. The SMILES string of the molecule is Cl.NN(CCCl)CCCl. The molecule has 0 fully saturated rings. The van der Waals surface area contributed by atoms with Gasteiger partial charge in [-0.1, -0.05) is 0 Å². The lowest BCUT2D eigenvalue weighted by atomic mass is 10.6. The third-order valence-electron chi connectivity index (χ3n) is 0.743. The van der Waals surface area contributed by atoms with Crippen LogP contribution in [0.1, 0.15) is 0 Å². The van der Waals surface area contributed by atoms with Crippen molar-refractivity contribution in [1.29, 1.82) is 0 Å². The van der Waals surface area contributed by atoms with Crippen molar-refractivity contribution < 1.29 is 0 Å². The molecule has 9 heavy (non-hydrogen) atoms. The average molecular weight is 194 g/mol. The van der Waals surface area contributed by atoms with Gasteiger partial charge in [0.1, 0.15) is 0 Å². The fourth-order valence-electron chi connectivity index (χ4n) is 0.329. The minimum absolute atomic E-state index is 0. The van der Waals surface area contributed by atoms with Gasteiger partial charge in [0, 0.05) is 24.8 Å². The van der Waals surface area contributed by atoms with E-state index in [1.165, 1.54) is 0 Å². The van der Waals surface area contributed by atoms with Crippen molar-refractivity contribution in [3.8, 4) is 0 Å². The molecule has 0 rings (SSSR count). The molecule has 0 saturated heterocycles. The molecule has 0 aromatic heterocycles. The van der Waals surface area contributed by atoms with Crippen LogP contribution in [-0.2, 0) is 0 Å². The summed E-state index contributed by atoms with van der Waals surface area (Å²) < 4.78 is 0. The zero-order chi connectivity index (χ0) is 6.41. The van der Waals surface area contributed by atoms with E-state index in [0.29, 0.717) is 24.8 Å². The van der Waals surface area contributed by atoms with E-state index in [0.717, 1.165) is 0 Å². The molecule has 0 aliphatic rings. The molecule has 0 spiro atoms. The number of halogens is 3. The second-order valence-corrected chi connectivity index (χ2v) is 2.17. The van der Waals surface area contributed by atoms with E-state index in [2.05, 4.69) is 0 Å². The maximum atomic E-state index is 5.37. The van der Waals surface area contributed by atoms with E-state index in [4.69, 9.17) is 29.0 Å². The maximum absolute atomic E-state index is 5.37. The third kappa shape index (κ3) is 8.79. The van der Waals surface area contributed by atoms with Gasteiger partial charge in [-0.2, -0.15) is 0 Å². The minimum atomic E-state index is 0. The molecule has 0 unspecified atom stereocenters. The smallest absolute Gasteiger partial charge is 0.0365 e. The zero-order valence-electron chi connectivity index (χ0n) is 5.02. The first-order valence-electron chi connectivity index (χ1n) is 2.43. The average Bonchev–Trinajstić information content (AvgIpc) is 1.68. The van der Waals surface area contributed by atoms with Crippen molar-refractivity contribution in [1.82, 2.24) is 5.01 Å². The maximum Gasteiger partial charge on any atom is 0.0365 e. The minimum Gasteiger partial charge on any atom is -0.269 e. The highest BCUT2D eigenvalue weighted by atomic mass is 35.5. The summed E-state index contributed by atoms with van der Waals surface area (Å²) in [5, 5.41) is 1.60. The number of hydrogen-bond donors (Lipinski definition) is 1. The summed E-state index contributed by atoms with van der Waals surface area (Å²) >= 11 is 10.7. The van der Waals surface area contributed by atoms with Crippen molar-refractivity contribution >= 4 is 35.6 Å². The van der Waals surface area contributed by atoms with E-state index in [1.54, 1.807) is 5.01 Å². The lowest BCUT2D eigenvalue weighted by molar-refractivity contribution is 0.320. The Hall–Kier alpha value is 0.790. The monoisotopic (exact) mass is 192 g/mol. The van der Waals surface area contributed by atoms with Crippen LogP contribution in [0.25, 0.3) is 0 Å². The molecule has 2 N–H and O–H groups in total. The normalized spacial score (nSPS) is 9.33.